The zero-order valence-corrected chi connectivity index (χ0v) is 18.7. The topological polar surface area (TPSA) is 119 Å². The van der Waals surface area contributed by atoms with Gasteiger partial charge in [0.25, 0.3) is 17.4 Å². The number of aromatic amines is 1. The number of aryl methyl sites for hydroxylation is 2. The summed E-state index contributed by atoms with van der Waals surface area (Å²) < 4.78 is 6.88. The van der Waals surface area contributed by atoms with E-state index in [0.717, 1.165) is 22.1 Å². The Balaban J connectivity index is 1.29. The van der Waals surface area contributed by atoms with E-state index >= 15 is 0 Å². The van der Waals surface area contributed by atoms with E-state index in [4.69, 9.17) is 4.52 Å². The monoisotopic (exact) mass is 454 g/mol. The van der Waals surface area contributed by atoms with Gasteiger partial charge in [-0.2, -0.15) is 4.98 Å². The number of pyridine rings is 2. The summed E-state index contributed by atoms with van der Waals surface area (Å²) in [5.74, 6) is 0.119. The van der Waals surface area contributed by atoms with Crippen molar-refractivity contribution < 1.29 is 9.32 Å². The molecule has 170 valence electrons. The first-order valence-electron chi connectivity index (χ1n) is 10.8. The predicted molar refractivity (Wildman–Crippen MR) is 126 cm³/mol. The quantitative estimate of drug-likeness (QED) is 0.406. The number of fused-ring (bicyclic) bond motifs is 1. The van der Waals surface area contributed by atoms with Crippen molar-refractivity contribution in [3.8, 4) is 11.5 Å². The summed E-state index contributed by atoms with van der Waals surface area (Å²) in [6.45, 7) is 4.48. The van der Waals surface area contributed by atoms with Gasteiger partial charge in [0.1, 0.15) is 11.2 Å². The highest BCUT2D eigenvalue weighted by Gasteiger charge is 2.16. The number of carbonyl (C=O) groups is 1. The molecule has 34 heavy (non-hydrogen) atoms. The van der Waals surface area contributed by atoms with Crippen molar-refractivity contribution in [3.63, 3.8) is 0 Å². The first-order valence-corrected chi connectivity index (χ1v) is 10.8. The van der Waals surface area contributed by atoms with E-state index in [2.05, 4.69) is 25.4 Å². The fraction of sp³-hybridized carbons (Fsp3) is 0.160. The molecule has 4 heterocycles. The highest BCUT2D eigenvalue weighted by Crippen LogP contribution is 2.25. The molecule has 0 aliphatic carbocycles. The van der Waals surface area contributed by atoms with E-state index in [-0.39, 0.29) is 17.7 Å². The molecule has 9 heteroatoms. The van der Waals surface area contributed by atoms with Crippen molar-refractivity contribution in [3.05, 3.63) is 99.5 Å². The molecule has 4 aromatic heterocycles. The van der Waals surface area contributed by atoms with Gasteiger partial charge in [0, 0.05) is 24.0 Å². The Labute approximate surface area is 194 Å². The molecular weight excluding hydrogens is 432 g/mol. The largest absolute Gasteiger partial charge is 0.345 e. The third-order valence-electron chi connectivity index (χ3n) is 5.75. The lowest BCUT2D eigenvalue weighted by molar-refractivity contribution is 0.0947. The Bertz CT molecular complexity index is 1560. The number of rotatable bonds is 6. The van der Waals surface area contributed by atoms with Gasteiger partial charge in [-0.1, -0.05) is 23.4 Å². The van der Waals surface area contributed by atoms with Crippen LogP contribution < -0.4 is 10.9 Å². The number of H-pyrrole nitrogens is 1. The maximum absolute atomic E-state index is 12.9. The van der Waals surface area contributed by atoms with Gasteiger partial charge in [0.15, 0.2) is 5.82 Å². The SMILES string of the molecule is Cc1ccc(Cn2cccc(C(=O)NCc3noc(-c4c[nH]c5ncccc45)n3)c2=O)cc1C. The van der Waals surface area contributed by atoms with Crippen molar-refractivity contribution in [1.82, 2.24) is 30.0 Å². The number of hydrogen-bond acceptors (Lipinski definition) is 6. The Morgan fingerprint density at radius 1 is 1.15 bits per heavy atom. The van der Waals surface area contributed by atoms with Gasteiger partial charge in [-0.15, -0.1) is 0 Å². The lowest BCUT2D eigenvalue weighted by Gasteiger charge is -2.10. The molecule has 0 unspecified atom stereocenters. The van der Waals surface area contributed by atoms with Crippen LogP contribution in [-0.4, -0.2) is 30.6 Å². The van der Waals surface area contributed by atoms with Gasteiger partial charge < -0.3 is 19.4 Å². The highest BCUT2D eigenvalue weighted by molar-refractivity contribution is 5.93. The van der Waals surface area contributed by atoms with Crippen molar-refractivity contribution in [2.45, 2.75) is 26.9 Å². The zero-order valence-electron chi connectivity index (χ0n) is 18.7. The Morgan fingerprint density at radius 3 is 2.88 bits per heavy atom. The third kappa shape index (κ3) is 4.11. The summed E-state index contributed by atoms with van der Waals surface area (Å²) in [6, 6.07) is 13.0. The molecule has 2 N–H and O–H groups in total. The molecule has 0 radical (unpaired) electrons. The lowest BCUT2D eigenvalue weighted by Crippen LogP contribution is -2.32. The summed E-state index contributed by atoms with van der Waals surface area (Å²) in [4.78, 5) is 37.3. The van der Waals surface area contributed by atoms with Gasteiger partial charge in [0.05, 0.1) is 18.7 Å². The number of benzene rings is 1. The van der Waals surface area contributed by atoms with Crippen LogP contribution in [0.5, 0.6) is 0 Å². The standard InChI is InChI=1S/C25H22N6O3/c1-15-7-8-17(11-16(15)2)14-31-10-4-6-19(25(31)33)23(32)28-13-21-29-24(34-30-21)20-12-27-22-18(20)5-3-9-26-22/h3-12H,13-14H2,1-2H3,(H,26,27)(H,28,32). The molecule has 1 amide bonds. The van der Waals surface area contributed by atoms with Crippen molar-refractivity contribution in [2.75, 3.05) is 0 Å². The van der Waals surface area contributed by atoms with E-state index < -0.39 is 5.91 Å². The Kier molecular flexibility index (Phi) is 5.51. The molecule has 0 bridgehead atoms. The summed E-state index contributed by atoms with van der Waals surface area (Å²) in [7, 11) is 0. The van der Waals surface area contributed by atoms with Crippen molar-refractivity contribution in [1.29, 1.82) is 0 Å². The molecule has 1 aromatic carbocycles. The molecule has 0 spiro atoms. The van der Waals surface area contributed by atoms with E-state index in [1.807, 2.05) is 44.2 Å². The number of amides is 1. The van der Waals surface area contributed by atoms with Crippen LogP contribution in [0.15, 0.2) is 70.4 Å². The van der Waals surface area contributed by atoms with E-state index in [0.29, 0.717) is 23.9 Å². The molecule has 0 aliphatic rings. The average molecular weight is 454 g/mol. The maximum Gasteiger partial charge on any atom is 0.263 e. The Hall–Kier alpha value is -4.53. The van der Waals surface area contributed by atoms with E-state index in [9.17, 15) is 9.59 Å². The van der Waals surface area contributed by atoms with Gasteiger partial charge in [-0.05, 0) is 54.8 Å². The van der Waals surface area contributed by atoms with Crippen LogP contribution in [0.25, 0.3) is 22.5 Å². The molecule has 0 saturated carbocycles. The maximum atomic E-state index is 12.9. The minimum atomic E-state index is -0.498. The second kappa shape index (κ2) is 8.78. The predicted octanol–water partition coefficient (Wildman–Crippen LogP) is 3.37. The number of nitrogens with one attached hydrogen (secondary N) is 2. The van der Waals surface area contributed by atoms with Crippen LogP contribution in [0, 0.1) is 13.8 Å². The summed E-state index contributed by atoms with van der Waals surface area (Å²) in [5, 5.41) is 7.50. The first-order chi connectivity index (χ1) is 16.5. The summed E-state index contributed by atoms with van der Waals surface area (Å²) in [5.41, 5.74) is 4.47. The molecular formula is C25H22N6O3. The average Bonchev–Trinajstić information content (AvgIpc) is 3.48. The van der Waals surface area contributed by atoms with Crippen LogP contribution in [0.1, 0.15) is 32.9 Å². The summed E-state index contributed by atoms with van der Waals surface area (Å²) >= 11 is 0. The highest BCUT2D eigenvalue weighted by atomic mass is 16.5. The second-order valence-corrected chi connectivity index (χ2v) is 8.07. The van der Waals surface area contributed by atoms with Crippen molar-refractivity contribution >= 4 is 16.9 Å². The summed E-state index contributed by atoms with van der Waals surface area (Å²) in [6.07, 6.45) is 5.11. The van der Waals surface area contributed by atoms with Gasteiger partial charge in [0.2, 0.25) is 0 Å². The molecule has 0 saturated heterocycles. The van der Waals surface area contributed by atoms with Crippen LogP contribution in [0.4, 0.5) is 0 Å². The molecule has 0 fully saturated rings. The molecule has 5 rings (SSSR count). The fourth-order valence-electron chi connectivity index (χ4n) is 3.76. The smallest absolute Gasteiger partial charge is 0.263 e. The Morgan fingerprint density at radius 2 is 2.03 bits per heavy atom. The molecule has 0 aliphatic heterocycles. The van der Waals surface area contributed by atoms with Gasteiger partial charge in [-0.3, -0.25) is 9.59 Å². The van der Waals surface area contributed by atoms with E-state index in [1.54, 1.807) is 24.7 Å². The normalized spacial score (nSPS) is 11.1. The van der Waals surface area contributed by atoms with Crippen molar-refractivity contribution in [2.24, 2.45) is 0 Å². The van der Waals surface area contributed by atoms with Crippen LogP contribution >= 0.6 is 0 Å². The lowest BCUT2D eigenvalue weighted by atomic mass is 10.1. The number of aromatic nitrogens is 5. The van der Waals surface area contributed by atoms with Crippen LogP contribution in [-0.2, 0) is 13.1 Å². The fourth-order valence-corrected chi connectivity index (χ4v) is 3.76. The van der Waals surface area contributed by atoms with Gasteiger partial charge >= 0.3 is 0 Å². The molecule has 9 nitrogen and oxygen atoms in total. The van der Waals surface area contributed by atoms with Crippen LogP contribution in [0.3, 0.4) is 0 Å². The van der Waals surface area contributed by atoms with Crippen LogP contribution in [0.2, 0.25) is 0 Å². The van der Waals surface area contributed by atoms with E-state index in [1.165, 1.54) is 16.2 Å². The third-order valence-corrected chi connectivity index (χ3v) is 5.75. The number of carbonyl (C=O) groups excluding carboxylic acids is 1. The first kappa shape index (κ1) is 21.3. The minimum absolute atomic E-state index is 0.0223. The second-order valence-electron chi connectivity index (χ2n) is 8.07. The molecule has 0 atom stereocenters. The molecule has 5 aromatic rings. The zero-order chi connectivity index (χ0) is 23.7. The minimum Gasteiger partial charge on any atom is -0.345 e. The number of nitrogens with zero attached hydrogens (tertiary/aromatic N) is 4. The van der Waals surface area contributed by atoms with Gasteiger partial charge in [-0.25, -0.2) is 4.98 Å². The number of hydrogen-bond donors (Lipinski definition) is 2.